The first-order valence-electron chi connectivity index (χ1n) is 9.48. The van der Waals surface area contributed by atoms with Crippen molar-refractivity contribution in [3.05, 3.63) is 0 Å². The van der Waals surface area contributed by atoms with Gasteiger partial charge in [-0.05, 0) is 6.42 Å². The van der Waals surface area contributed by atoms with Crippen molar-refractivity contribution in [1.82, 2.24) is 3.71 Å². The first-order chi connectivity index (χ1) is 14.9. The number of hydrogen-bond acceptors (Lipinski definition) is 4. The third-order valence-corrected chi connectivity index (χ3v) is 8.57. The van der Waals surface area contributed by atoms with Gasteiger partial charge in [-0.2, -0.15) is 52.7 Å². The fourth-order valence-corrected chi connectivity index (χ4v) is 5.76. The Balaban J connectivity index is 6.15. The van der Waals surface area contributed by atoms with E-state index in [0.29, 0.717) is 12.8 Å². The van der Waals surface area contributed by atoms with Gasteiger partial charge in [-0.25, -0.2) is 16.8 Å². The lowest BCUT2D eigenvalue weighted by molar-refractivity contribution is -0.382. The van der Waals surface area contributed by atoms with Crippen LogP contribution in [0, 0.1) is 0 Å². The fourth-order valence-electron chi connectivity index (χ4n) is 2.51. The Morgan fingerprint density at radius 1 is 0.559 bits per heavy atom. The molecule has 0 heterocycles. The van der Waals surface area contributed by atoms with Crippen LogP contribution in [0.25, 0.3) is 0 Å². The molecule has 0 saturated heterocycles. The maximum atomic E-state index is 13.9. The molecule has 0 rings (SSSR count). The van der Waals surface area contributed by atoms with Gasteiger partial charge < -0.3 is 0 Å². The zero-order valence-corrected chi connectivity index (χ0v) is 18.9. The fraction of sp³-hybridized carbons (Fsp3) is 1.00. The predicted octanol–water partition coefficient (Wildman–Crippen LogP) is 6.03. The van der Waals surface area contributed by atoms with Crippen LogP contribution in [0.4, 0.5) is 52.7 Å². The van der Waals surface area contributed by atoms with Crippen LogP contribution < -0.4 is 0 Å². The molecule has 0 aromatic carbocycles. The molecule has 0 aromatic heterocycles. The number of alkyl halides is 12. The topological polar surface area (TPSA) is 71.5 Å². The largest absolute Gasteiger partial charge is 0.512 e. The van der Waals surface area contributed by atoms with E-state index in [9.17, 15) is 69.5 Å². The van der Waals surface area contributed by atoms with E-state index in [1.165, 1.54) is 0 Å². The van der Waals surface area contributed by atoms with Gasteiger partial charge in [0.05, 0.1) is 0 Å². The van der Waals surface area contributed by atoms with Crippen LogP contribution in [0.15, 0.2) is 0 Å². The minimum atomic E-state index is -7.99. The first kappa shape index (κ1) is 33.0. The van der Waals surface area contributed by atoms with Crippen LogP contribution in [0.1, 0.15) is 58.3 Å². The minimum absolute atomic E-state index is 0.113. The molecular weight excluding hydrogens is 550 g/mol. The van der Waals surface area contributed by atoms with E-state index in [1.54, 1.807) is 0 Å². The smallest absolute Gasteiger partial charge is 0.205 e. The Kier molecular flexibility index (Phi) is 10.6. The van der Waals surface area contributed by atoms with E-state index in [0.717, 1.165) is 19.3 Å². The van der Waals surface area contributed by atoms with Crippen molar-refractivity contribution in [1.29, 1.82) is 0 Å². The van der Waals surface area contributed by atoms with Crippen molar-refractivity contribution in [3.8, 4) is 0 Å². The van der Waals surface area contributed by atoms with E-state index in [1.807, 2.05) is 6.92 Å². The molecule has 0 atom stereocenters. The van der Waals surface area contributed by atoms with Crippen molar-refractivity contribution in [2.75, 3.05) is 6.54 Å². The van der Waals surface area contributed by atoms with Gasteiger partial charge in [-0.3, -0.25) is 0 Å². The van der Waals surface area contributed by atoms with Gasteiger partial charge in [-0.15, -0.1) is 0 Å². The van der Waals surface area contributed by atoms with Crippen molar-refractivity contribution in [2.45, 2.75) is 87.1 Å². The van der Waals surface area contributed by atoms with Gasteiger partial charge in [0.2, 0.25) is 0 Å². The zero-order valence-electron chi connectivity index (χ0n) is 17.3. The molecule has 34 heavy (non-hydrogen) atoms. The molecular formula is C15H21F12NO4S2. The second-order valence-corrected chi connectivity index (χ2v) is 11.1. The molecule has 0 amide bonds. The SMILES string of the molecule is CCCCCCCCCCN(S(=O)(=O)C(F)(F)F)S(=O)(=O)C(F)(F)C(F)(F)C(F)(F)C(F)(F)F. The van der Waals surface area contributed by atoms with Gasteiger partial charge in [0.25, 0.3) is 10.0 Å². The summed E-state index contributed by atoms with van der Waals surface area (Å²) >= 11 is 0. The van der Waals surface area contributed by atoms with E-state index < -0.39 is 65.5 Å². The summed E-state index contributed by atoms with van der Waals surface area (Å²) in [5.74, 6) is -15.6. The summed E-state index contributed by atoms with van der Waals surface area (Å²) in [5, 5.41) is -7.61. The molecule has 0 aliphatic heterocycles. The standard InChI is InChI=1S/C15H21F12NO4S2/c1-2-3-4-5-6-7-8-9-10-28(34(31,32)15(25,26)27)33(29,30)14(23,24)12(18,19)11(16,17)13(20,21)22/h2-10H2,1H3. The van der Waals surface area contributed by atoms with Gasteiger partial charge in [0, 0.05) is 6.54 Å². The third kappa shape index (κ3) is 6.41. The summed E-state index contributed by atoms with van der Waals surface area (Å²) in [4.78, 5) is 0. The summed E-state index contributed by atoms with van der Waals surface area (Å²) in [7, 11) is -15.4. The van der Waals surface area contributed by atoms with E-state index >= 15 is 0 Å². The summed E-state index contributed by atoms with van der Waals surface area (Å²) in [6.45, 7) is -0.178. The zero-order chi connectivity index (χ0) is 27.4. The Morgan fingerprint density at radius 2 is 0.941 bits per heavy atom. The highest BCUT2D eigenvalue weighted by molar-refractivity contribution is 8.04. The molecule has 19 heteroatoms. The Hall–Kier alpha value is -0.980. The lowest BCUT2D eigenvalue weighted by atomic mass is 10.1. The maximum Gasteiger partial charge on any atom is 0.512 e. The Morgan fingerprint density at radius 3 is 1.29 bits per heavy atom. The normalized spacial score (nSPS) is 15.2. The highest BCUT2D eigenvalue weighted by Gasteiger charge is 2.86. The number of unbranched alkanes of at least 4 members (excludes halogenated alkanes) is 7. The molecule has 0 unspecified atom stereocenters. The van der Waals surface area contributed by atoms with Gasteiger partial charge in [0.1, 0.15) is 0 Å². The molecule has 0 aliphatic carbocycles. The summed E-state index contributed by atoms with van der Waals surface area (Å²) in [5.41, 5.74) is -6.70. The molecule has 206 valence electrons. The van der Waals surface area contributed by atoms with Crippen molar-refractivity contribution in [3.63, 3.8) is 0 Å². The molecule has 0 radical (unpaired) electrons. The summed E-state index contributed by atoms with van der Waals surface area (Å²) in [6.07, 6.45) is -5.22. The average Bonchev–Trinajstić information content (AvgIpc) is 2.64. The third-order valence-electron chi connectivity index (χ3n) is 4.46. The number of nitrogens with zero attached hydrogens (tertiary/aromatic N) is 1. The molecule has 0 saturated carbocycles. The second kappa shape index (κ2) is 11.0. The van der Waals surface area contributed by atoms with Crippen molar-refractivity contribution < 1.29 is 69.5 Å². The highest BCUT2D eigenvalue weighted by atomic mass is 32.3. The lowest BCUT2D eigenvalue weighted by Crippen LogP contribution is -2.66. The number of hydrogen-bond donors (Lipinski definition) is 0. The average molecular weight is 571 g/mol. The molecule has 0 spiro atoms. The van der Waals surface area contributed by atoms with E-state index in [4.69, 9.17) is 0 Å². The molecule has 5 nitrogen and oxygen atoms in total. The van der Waals surface area contributed by atoms with Gasteiger partial charge in [-0.1, -0.05) is 55.6 Å². The monoisotopic (exact) mass is 571 g/mol. The Labute approximate surface area is 187 Å². The molecule has 0 bridgehead atoms. The van der Waals surface area contributed by atoms with E-state index in [-0.39, 0.29) is 12.8 Å². The quantitative estimate of drug-likeness (QED) is 0.189. The lowest BCUT2D eigenvalue weighted by Gasteiger charge is -2.35. The van der Waals surface area contributed by atoms with Crippen LogP contribution in [0.5, 0.6) is 0 Å². The molecule has 0 fully saturated rings. The maximum absolute atomic E-state index is 13.9. The number of sulfonamides is 2. The van der Waals surface area contributed by atoms with Crippen LogP contribution in [-0.4, -0.2) is 55.9 Å². The molecule has 0 N–H and O–H groups in total. The first-order valence-corrected chi connectivity index (χ1v) is 12.4. The second-order valence-electron chi connectivity index (χ2n) is 7.09. The molecule has 0 aliphatic rings. The van der Waals surface area contributed by atoms with Crippen LogP contribution in [-0.2, 0) is 20.0 Å². The van der Waals surface area contributed by atoms with Gasteiger partial charge in [0.15, 0.2) is 0 Å². The summed E-state index contributed by atoms with van der Waals surface area (Å²) < 4.78 is 200. The molecule has 0 aromatic rings. The van der Waals surface area contributed by atoms with Crippen LogP contribution >= 0.6 is 0 Å². The van der Waals surface area contributed by atoms with E-state index in [2.05, 4.69) is 0 Å². The number of rotatable bonds is 14. The predicted molar refractivity (Wildman–Crippen MR) is 94.1 cm³/mol. The van der Waals surface area contributed by atoms with Gasteiger partial charge >= 0.3 is 38.8 Å². The van der Waals surface area contributed by atoms with Crippen molar-refractivity contribution in [2.24, 2.45) is 0 Å². The highest BCUT2D eigenvalue weighted by Crippen LogP contribution is 2.55. The van der Waals surface area contributed by atoms with Crippen LogP contribution in [0.2, 0.25) is 0 Å². The minimum Gasteiger partial charge on any atom is -0.205 e. The Bertz CT molecular complexity index is 867. The summed E-state index contributed by atoms with van der Waals surface area (Å²) in [6, 6.07) is 0. The van der Waals surface area contributed by atoms with Crippen molar-refractivity contribution >= 4 is 20.0 Å². The number of halogens is 12. The van der Waals surface area contributed by atoms with Crippen LogP contribution in [0.3, 0.4) is 0 Å².